The first-order valence-corrected chi connectivity index (χ1v) is 9.55. The Kier molecular flexibility index (Phi) is 4.96. The highest BCUT2D eigenvalue weighted by Gasteiger charge is 2.30. The molecule has 0 radical (unpaired) electrons. The maximum atomic E-state index is 13.1. The SMILES string of the molecule is CCn1nc(C(=O)NC(c2cccs2)C(C)(C)C)c2ccccc2c1=O. The first-order chi connectivity index (χ1) is 12.3. The van der Waals surface area contributed by atoms with Crippen LogP contribution in [0.15, 0.2) is 46.6 Å². The van der Waals surface area contributed by atoms with Gasteiger partial charge in [0, 0.05) is 16.8 Å². The van der Waals surface area contributed by atoms with Crippen molar-refractivity contribution in [1.29, 1.82) is 0 Å². The minimum Gasteiger partial charge on any atom is -0.342 e. The van der Waals surface area contributed by atoms with Crippen LogP contribution in [-0.2, 0) is 6.54 Å². The summed E-state index contributed by atoms with van der Waals surface area (Å²) in [7, 11) is 0. The average Bonchev–Trinajstić information content (AvgIpc) is 3.13. The van der Waals surface area contributed by atoms with Crippen molar-refractivity contribution in [2.45, 2.75) is 40.3 Å². The molecule has 26 heavy (non-hydrogen) atoms. The highest BCUT2D eigenvalue weighted by molar-refractivity contribution is 7.10. The Labute approximate surface area is 156 Å². The monoisotopic (exact) mass is 369 g/mol. The maximum absolute atomic E-state index is 13.1. The highest BCUT2D eigenvalue weighted by atomic mass is 32.1. The van der Waals surface area contributed by atoms with Crippen LogP contribution in [0.3, 0.4) is 0 Å². The third-order valence-electron chi connectivity index (χ3n) is 4.35. The van der Waals surface area contributed by atoms with Crippen molar-refractivity contribution >= 4 is 28.0 Å². The van der Waals surface area contributed by atoms with Gasteiger partial charge in [0.1, 0.15) is 0 Å². The standard InChI is InChI=1S/C20H23N3O2S/c1-5-23-19(25)14-10-7-6-9-13(14)16(22-23)18(24)21-17(20(2,3)4)15-11-8-12-26-15/h6-12,17H,5H2,1-4H3,(H,21,24). The van der Waals surface area contributed by atoms with Gasteiger partial charge >= 0.3 is 0 Å². The molecule has 0 aliphatic carbocycles. The number of hydrogen-bond acceptors (Lipinski definition) is 4. The van der Waals surface area contributed by atoms with Crippen molar-refractivity contribution in [2.24, 2.45) is 5.41 Å². The second kappa shape index (κ2) is 7.03. The van der Waals surface area contributed by atoms with E-state index in [4.69, 9.17) is 0 Å². The number of nitrogens with one attached hydrogen (secondary N) is 1. The quantitative estimate of drug-likeness (QED) is 0.756. The van der Waals surface area contributed by atoms with Gasteiger partial charge < -0.3 is 5.32 Å². The summed E-state index contributed by atoms with van der Waals surface area (Å²) in [4.78, 5) is 26.7. The topological polar surface area (TPSA) is 64.0 Å². The molecule has 136 valence electrons. The number of nitrogens with zero attached hydrogens (tertiary/aromatic N) is 2. The highest BCUT2D eigenvalue weighted by Crippen LogP contribution is 2.35. The number of aryl methyl sites for hydroxylation is 1. The number of amides is 1. The summed E-state index contributed by atoms with van der Waals surface area (Å²) in [5, 5.41) is 10.6. The number of benzene rings is 1. The molecule has 0 bridgehead atoms. The summed E-state index contributed by atoms with van der Waals surface area (Å²) in [6, 6.07) is 11.0. The van der Waals surface area contributed by atoms with Gasteiger partial charge in [0.15, 0.2) is 5.69 Å². The van der Waals surface area contributed by atoms with Crippen LogP contribution < -0.4 is 10.9 Å². The number of thiophene rings is 1. The molecule has 1 aromatic carbocycles. The number of fused-ring (bicyclic) bond motifs is 1. The fraction of sp³-hybridized carbons (Fsp3) is 0.350. The number of hydrogen-bond donors (Lipinski definition) is 1. The van der Waals surface area contributed by atoms with Gasteiger partial charge in [-0.25, -0.2) is 4.68 Å². The predicted molar refractivity (Wildman–Crippen MR) is 106 cm³/mol. The summed E-state index contributed by atoms with van der Waals surface area (Å²) in [6.45, 7) is 8.54. The Balaban J connectivity index is 2.07. The van der Waals surface area contributed by atoms with Crippen molar-refractivity contribution < 1.29 is 4.79 Å². The number of carbonyl (C=O) groups is 1. The van der Waals surface area contributed by atoms with E-state index >= 15 is 0 Å². The molecule has 0 saturated heterocycles. The molecule has 0 saturated carbocycles. The first-order valence-electron chi connectivity index (χ1n) is 8.67. The minimum absolute atomic E-state index is 0.141. The van der Waals surface area contributed by atoms with E-state index in [9.17, 15) is 9.59 Å². The molecule has 1 N–H and O–H groups in total. The Morgan fingerprint density at radius 2 is 1.88 bits per heavy atom. The molecule has 5 nitrogen and oxygen atoms in total. The van der Waals surface area contributed by atoms with Gasteiger partial charge in [-0.05, 0) is 29.9 Å². The van der Waals surface area contributed by atoms with Crippen molar-refractivity contribution in [3.8, 4) is 0 Å². The molecular weight excluding hydrogens is 346 g/mol. The molecule has 0 aliphatic heterocycles. The Morgan fingerprint density at radius 1 is 1.19 bits per heavy atom. The van der Waals surface area contributed by atoms with Crippen LogP contribution in [0.25, 0.3) is 10.8 Å². The fourth-order valence-electron chi connectivity index (χ4n) is 2.99. The van der Waals surface area contributed by atoms with E-state index < -0.39 is 0 Å². The maximum Gasteiger partial charge on any atom is 0.274 e. The zero-order valence-corrected chi connectivity index (χ0v) is 16.3. The van der Waals surface area contributed by atoms with Gasteiger partial charge in [0.2, 0.25) is 0 Å². The van der Waals surface area contributed by atoms with Crippen LogP contribution in [0.4, 0.5) is 0 Å². The molecule has 2 heterocycles. The predicted octanol–water partition coefficient (Wildman–Crippen LogP) is 4.00. The van der Waals surface area contributed by atoms with Gasteiger partial charge in [-0.15, -0.1) is 11.3 Å². The lowest BCUT2D eigenvalue weighted by atomic mass is 9.85. The van der Waals surface area contributed by atoms with Gasteiger partial charge in [-0.2, -0.15) is 5.10 Å². The second-order valence-corrected chi connectivity index (χ2v) is 8.28. The van der Waals surface area contributed by atoms with E-state index in [2.05, 4.69) is 31.2 Å². The molecular formula is C20H23N3O2S. The van der Waals surface area contributed by atoms with Crippen LogP contribution in [-0.4, -0.2) is 15.7 Å². The van der Waals surface area contributed by atoms with E-state index in [0.29, 0.717) is 17.3 Å². The van der Waals surface area contributed by atoms with E-state index in [1.165, 1.54) is 4.68 Å². The molecule has 3 rings (SSSR count). The number of carbonyl (C=O) groups excluding carboxylic acids is 1. The van der Waals surface area contributed by atoms with E-state index in [0.717, 1.165) is 4.88 Å². The van der Waals surface area contributed by atoms with Crippen LogP contribution >= 0.6 is 11.3 Å². The molecule has 0 aliphatic rings. The number of aromatic nitrogens is 2. The lowest BCUT2D eigenvalue weighted by Gasteiger charge is -2.30. The fourth-order valence-corrected chi connectivity index (χ4v) is 4.01. The number of rotatable bonds is 4. The second-order valence-electron chi connectivity index (χ2n) is 7.30. The Hall–Kier alpha value is -2.47. The zero-order valence-electron chi connectivity index (χ0n) is 15.4. The van der Waals surface area contributed by atoms with Crippen molar-refractivity contribution in [3.63, 3.8) is 0 Å². The van der Waals surface area contributed by atoms with Crippen LogP contribution in [0.1, 0.15) is 49.1 Å². The minimum atomic E-state index is -0.267. The molecule has 2 aromatic heterocycles. The Morgan fingerprint density at radius 3 is 2.46 bits per heavy atom. The van der Waals surface area contributed by atoms with E-state index in [1.807, 2.05) is 30.5 Å². The zero-order chi connectivity index (χ0) is 18.9. The van der Waals surface area contributed by atoms with Crippen molar-refractivity contribution in [2.75, 3.05) is 0 Å². The van der Waals surface area contributed by atoms with Gasteiger partial charge in [0.05, 0.1) is 11.4 Å². The molecule has 0 spiro atoms. The summed E-state index contributed by atoms with van der Waals surface area (Å²) in [5.74, 6) is -0.267. The third kappa shape index (κ3) is 3.42. The van der Waals surface area contributed by atoms with E-state index in [-0.39, 0.29) is 28.6 Å². The van der Waals surface area contributed by atoms with Gasteiger partial charge in [-0.3, -0.25) is 9.59 Å². The summed E-state index contributed by atoms with van der Waals surface area (Å²) in [6.07, 6.45) is 0. The smallest absolute Gasteiger partial charge is 0.274 e. The summed E-state index contributed by atoms with van der Waals surface area (Å²) < 4.78 is 1.34. The van der Waals surface area contributed by atoms with Crippen molar-refractivity contribution in [3.05, 3.63) is 62.7 Å². The van der Waals surface area contributed by atoms with Crippen molar-refractivity contribution in [1.82, 2.24) is 15.1 Å². The normalized spacial score (nSPS) is 12.9. The van der Waals surface area contributed by atoms with Crippen LogP contribution in [0.2, 0.25) is 0 Å². The summed E-state index contributed by atoms with van der Waals surface area (Å²) in [5.41, 5.74) is -0.0478. The van der Waals surface area contributed by atoms with Crippen LogP contribution in [0, 0.1) is 5.41 Å². The lowest BCUT2D eigenvalue weighted by molar-refractivity contribution is 0.0898. The van der Waals surface area contributed by atoms with Gasteiger partial charge in [0.25, 0.3) is 11.5 Å². The first kappa shape index (κ1) is 18.3. The van der Waals surface area contributed by atoms with E-state index in [1.54, 1.807) is 29.5 Å². The molecule has 3 aromatic rings. The largest absolute Gasteiger partial charge is 0.342 e. The van der Waals surface area contributed by atoms with Gasteiger partial charge in [-0.1, -0.05) is 45.0 Å². The molecule has 6 heteroatoms. The van der Waals surface area contributed by atoms with Crippen LogP contribution in [0.5, 0.6) is 0 Å². The lowest BCUT2D eigenvalue weighted by Crippen LogP contribution is -2.38. The summed E-state index contributed by atoms with van der Waals surface area (Å²) >= 11 is 1.62. The molecule has 1 unspecified atom stereocenters. The Bertz CT molecular complexity index is 984. The third-order valence-corrected chi connectivity index (χ3v) is 5.29. The average molecular weight is 369 g/mol. The molecule has 1 atom stereocenters. The molecule has 0 fully saturated rings. The molecule has 1 amide bonds.